The largest absolute Gasteiger partial charge is 0.478 e. The molecule has 0 atom stereocenters. The molecule has 0 aliphatic rings. The molecule has 5 heteroatoms. The predicted octanol–water partition coefficient (Wildman–Crippen LogP) is 2.76. The van der Waals surface area contributed by atoms with Crippen molar-refractivity contribution in [3.05, 3.63) is 34.6 Å². The van der Waals surface area contributed by atoms with Crippen molar-refractivity contribution in [3.8, 4) is 0 Å². The van der Waals surface area contributed by atoms with Crippen LogP contribution in [0, 0.1) is 0 Å². The van der Waals surface area contributed by atoms with E-state index < -0.39 is 5.97 Å². The zero-order valence-corrected chi connectivity index (χ0v) is 8.14. The van der Waals surface area contributed by atoms with Crippen LogP contribution in [0.5, 0.6) is 0 Å². The fourth-order valence-corrected chi connectivity index (χ4v) is 1.46. The highest BCUT2D eigenvalue weighted by molar-refractivity contribution is 8.01. The minimum absolute atomic E-state index is 0.345. The molecule has 13 heavy (non-hydrogen) atoms. The van der Waals surface area contributed by atoms with Crippen LogP contribution in [-0.2, 0) is 10.5 Å². The molecule has 0 saturated carbocycles. The molecule has 1 rings (SSSR count). The van der Waals surface area contributed by atoms with Crippen LogP contribution in [0.1, 0.15) is 5.76 Å². The van der Waals surface area contributed by atoms with E-state index in [1.165, 1.54) is 17.2 Å². The van der Waals surface area contributed by atoms with Crippen LogP contribution in [-0.4, -0.2) is 11.1 Å². The van der Waals surface area contributed by atoms with Crippen LogP contribution in [0.3, 0.4) is 0 Å². The minimum Gasteiger partial charge on any atom is -0.478 e. The molecule has 1 aromatic heterocycles. The fourth-order valence-electron chi connectivity index (χ4n) is 0.666. The molecule has 1 N–H and O–H groups in total. The van der Waals surface area contributed by atoms with E-state index in [4.69, 9.17) is 21.1 Å². The van der Waals surface area contributed by atoms with Crippen LogP contribution in [0.4, 0.5) is 0 Å². The summed E-state index contributed by atoms with van der Waals surface area (Å²) < 4.78 is 5.05. The highest BCUT2D eigenvalue weighted by atomic mass is 35.5. The predicted molar refractivity (Wildman–Crippen MR) is 51.8 cm³/mol. The Morgan fingerprint density at radius 1 is 1.69 bits per heavy atom. The molecule has 1 heterocycles. The zero-order valence-electron chi connectivity index (χ0n) is 6.57. The van der Waals surface area contributed by atoms with E-state index in [1.807, 2.05) is 0 Å². The van der Waals surface area contributed by atoms with Gasteiger partial charge in [0.15, 0.2) is 5.22 Å². The molecule has 0 aliphatic heterocycles. The SMILES string of the molecule is O=C(O)/C=C/SCc1ccc(Cl)o1. The smallest absolute Gasteiger partial charge is 0.328 e. The summed E-state index contributed by atoms with van der Waals surface area (Å²) in [5.41, 5.74) is 0. The second kappa shape index (κ2) is 4.99. The van der Waals surface area contributed by atoms with Gasteiger partial charge in [-0.05, 0) is 29.1 Å². The number of carboxylic acid groups (broad SMARTS) is 1. The molecular formula is C8H7ClO3S. The molecule has 0 aliphatic carbocycles. The molecule has 0 amide bonds. The van der Waals surface area contributed by atoms with Crippen molar-refractivity contribution in [2.24, 2.45) is 0 Å². The molecule has 0 unspecified atom stereocenters. The summed E-state index contributed by atoms with van der Waals surface area (Å²) in [6.45, 7) is 0. The highest BCUT2D eigenvalue weighted by Crippen LogP contribution is 2.18. The Morgan fingerprint density at radius 3 is 3.00 bits per heavy atom. The molecule has 0 saturated heterocycles. The number of aliphatic carboxylic acids is 1. The van der Waals surface area contributed by atoms with Crippen molar-refractivity contribution >= 4 is 29.3 Å². The maximum atomic E-state index is 10.1. The van der Waals surface area contributed by atoms with Gasteiger partial charge >= 0.3 is 5.97 Å². The van der Waals surface area contributed by atoms with Gasteiger partial charge in [-0.15, -0.1) is 11.8 Å². The van der Waals surface area contributed by atoms with Crippen molar-refractivity contribution in [1.29, 1.82) is 0 Å². The lowest BCUT2D eigenvalue weighted by atomic mass is 10.5. The molecule has 0 spiro atoms. The number of thioether (sulfide) groups is 1. The lowest BCUT2D eigenvalue weighted by Gasteiger charge is -1.89. The molecule has 70 valence electrons. The van der Waals surface area contributed by atoms with E-state index in [1.54, 1.807) is 12.1 Å². The first-order valence-corrected chi connectivity index (χ1v) is 4.86. The Morgan fingerprint density at radius 2 is 2.46 bits per heavy atom. The quantitative estimate of drug-likeness (QED) is 0.790. The number of halogens is 1. The van der Waals surface area contributed by atoms with Crippen LogP contribution in [0.2, 0.25) is 5.22 Å². The van der Waals surface area contributed by atoms with E-state index in [0.717, 1.165) is 11.8 Å². The normalized spacial score (nSPS) is 10.8. The van der Waals surface area contributed by atoms with Crippen molar-refractivity contribution < 1.29 is 14.3 Å². The van der Waals surface area contributed by atoms with Crippen LogP contribution in [0.25, 0.3) is 0 Å². The Labute approximate surface area is 84.4 Å². The minimum atomic E-state index is -0.954. The number of rotatable bonds is 4. The van der Waals surface area contributed by atoms with Crippen LogP contribution >= 0.6 is 23.4 Å². The van der Waals surface area contributed by atoms with Gasteiger partial charge in [0.05, 0.1) is 5.75 Å². The van der Waals surface area contributed by atoms with Gasteiger partial charge in [0, 0.05) is 6.08 Å². The second-order valence-corrected chi connectivity index (χ2v) is 3.42. The Balaban J connectivity index is 2.31. The monoisotopic (exact) mass is 218 g/mol. The van der Waals surface area contributed by atoms with Gasteiger partial charge in [0.25, 0.3) is 0 Å². The van der Waals surface area contributed by atoms with Crippen molar-refractivity contribution in [3.63, 3.8) is 0 Å². The van der Waals surface area contributed by atoms with Crippen molar-refractivity contribution in [1.82, 2.24) is 0 Å². The molecule has 1 aromatic rings. The van der Waals surface area contributed by atoms with Gasteiger partial charge in [-0.2, -0.15) is 0 Å². The highest BCUT2D eigenvalue weighted by Gasteiger charge is 1.97. The Kier molecular flexibility index (Phi) is 3.92. The van der Waals surface area contributed by atoms with Crippen molar-refractivity contribution in [2.75, 3.05) is 0 Å². The van der Waals surface area contributed by atoms with Gasteiger partial charge in [-0.3, -0.25) is 0 Å². The first kappa shape index (κ1) is 10.2. The van der Waals surface area contributed by atoms with Gasteiger partial charge in [0.1, 0.15) is 5.76 Å². The molecular weight excluding hydrogens is 212 g/mol. The summed E-state index contributed by atoms with van der Waals surface area (Å²) in [7, 11) is 0. The second-order valence-electron chi connectivity index (χ2n) is 2.16. The lowest BCUT2D eigenvalue weighted by Crippen LogP contribution is -1.84. The number of carbonyl (C=O) groups is 1. The average molecular weight is 219 g/mol. The zero-order chi connectivity index (χ0) is 9.68. The molecule has 0 aromatic carbocycles. The molecule has 0 radical (unpaired) electrons. The number of furan rings is 1. The Hall–Kier alpha value is -0.870. The number of hydrogen-bond acceptors (Lipinski definition) is 3. The van der Waals surface area contributed by atoms with Gasteiger partial charge < -0.3 is 9.52 Å². The van der Waals surface area contributed by atoms with Crippen LogP contribution in [0.15, 0.2) is 28.0 Å². The van der Waals surface area contributed by atoms with E-state index in [2.05, 4.69) is 0 Å². The summed E-state index contributed by atoms with van der Waals surface area (Å²) in [5.74, 6) is 0.353. The third-order valence-electron chi connectivity index (χ3n) is 1.16. The number of hydrogen-bond donors (Lipinski definition) is 1. The summed E-state index contributed by atoms with van der Waals surface area (Å²) in [6, 6.07) is 3.41. The first-order chi connectivity index (χ1) is 6.18. The molecule has 3 nitrogen and oxygen atoms in total. The average Bonchev–Trinajstić information content (AvgIpc) is 2.45. The van der Waals surface area contributed by atoms with Gasteiger partial charge in [-0.25, -0.2) is 4.79 Å². The van der Waals surface area contributed by atoms with E-state index >= 15 is 0 Å². The summed E-state index contributed by atoms with van der Waals surface area (Å²) in [6.07, 6.45) is 1.08. The molecule has 0 bridgehead atoms. The van der Waals surface area contributed by atoms with E-state index in [9.17, 15) is 4.79 Å². The van der Waals surface area contributed by atoms with E-state index in [-0.39, 0.29) is 0 Å². The topological polar surface area (TPSA) is 50.4 Å². The fraction of sp³-hybridized carbons (Fsp3) is 0.125. The van der Waals surface area contributed by atoms with Crippen molar-refractivity contribution in [2.45, 2.75) is 5.75 Å². The summed E-state index contributed by atoms with van der Waals surface area (Å²) >= 11 is 6.87. The summed E-state index contributed by atoms with van der Waals surface area (Å²) in [5, 5.41) is 10.1. The van der Waals surface area contributed by atoms with E-state index in [0.29, 0.717) is 11.0 Å². The lowest BCUT2D eigenvalue weighted by molar-refractivity contribution is -0.131. The van der Waals surface area contributed by atoms with Gasteiger partial charge in [0.2, 0.25) is 0 Å². The Bertz CT molecular complexity index is 319. The maximum absolute atomic E-state index is 10.1. The number of carboxylic acids is 1. The third-order valence-corrected chi connectivity index (χ3v) is 2.14. The molecule has 0 fully saturated rings. The maximum Gasteiger partial charge on any atom is 0.328 e. The summed E-state index contributed by atoms with van der Waals surface area (Å²) in [4.78, 5) is 10.1. The standard InChI is InChI=1S/C8H7ClO3S/c9-7-2-1-6(12-7)5-13-4-3-8(10)11/h1-4H,5H2,(H,10,11)/b4-3+. The first-order valence-electron chi connectivity index (χ1n) is 3.44. The van der Waals surface area contributed by atoms with Crippen LogP contribution < -0.4 is 0 Å². The van der Waals surface area contributed by atoms with Gasteiger partial charge in [-0.1, -0.05) is 0 Å². The third kappa shape index (κ3) is 4.05.